The average Bonchev–Trinajstić information content (AvgIpc) is 2.43. The van der Waals surface area contributed by atoms with Crippen molar-refractivity contribution in [3.63, 3.8) is 0 Å². The van der Waals surface area contributed by atoms with E-state index in [0.29, 0.717) is 11.3 Å². The molecule has 0 aliphatic rings. The minimum atomic E-state index is -0.591. The third kappa shape index (κ3) is 2.72. The summed E-state index contributed by atoms with van der Waals surface area (Å²) >= 11 is 0. The highest BCUT2D eigenvalue weighted by Gasteiger charge is 2.12. The first kappa shape index (κ1) is 13.5. The fraction of sp³-hybridized carbons (Fsp3) is 0.0714. The summed E-state index contributed by atoms with van der Waals surface area (Å²) in [4.78, 5) is 10.0. The number of nitriles is 1. The number of ether oxygens (including phenoxy) is 1. The van der Waals surface area contributed by atoms with Crippen LogP contribution in [0.25, 0.3) is 0 Å². The Morgan fingerprint density at radius 1 is 1.30 bits per heavy atom. The summed E-state index contributed by atoms with van der Waals surface area (Å²) in [7, 11) is 0. The number of rotatable bonds is 3. The highest BCUT2D eigenvalue weighted by Crippen LogP contribution is 2.29. The Labute approximate surface area is 114 Å². The molecule has 0 spiro atoms. The van der Waals surface area contributed by atoms with Gasteiger partial charge < -0.3 is 4.74 Å². The summed E-state index contributed by atoms with van der Waals surface area (Å²) in [6.07, 6.45) is 0. The molecule has 0 heterocycles. The lowest BCUT2D eigenvalue weighted by molar-refractivity contribution is -0.384. The smallest absolute Gasteiger partial charge is 0.271 e. The van der Waals surface area contributed by atoms with E-state index >= 15 is 0 Å². The monoisotopic (exact) mass is 272 g/mol. The first-order chi connectivity index (χ1) is 9.51. The van der Waals surface area contributed by atoms with Crippen LogP contribution >= 0.6 is 0 Å². The minimum Gasteiger partial charge on any atom is -0.456 e. The number of nitro groups is 1. The van der Waals surface area contributed by atoms with Gasteiger partial charge in [-0.25, -0.2) is 4.39 Å². The summed E-state index contributed by atoms with van der Waals surface area (Å²) < 4.78 is 18.6. The molecule has 6 heteroatoms. The SMILES string of the molecule is Cc1cc(Oc2ccc([N+](=O)[O-])cc2C#N)ccc1F. The molecule has 2 rings (SSSR count). The van der Waals surface area contributed by atoms with Gasteiger partial charge in [0.1, 0.15) is 28.9 Å². The van der Waals surface area contributed by atoms with E-state index < -0.39 is 4.92 Å². The lowest BCUT2D eigenvalue weighted by Gasteiger charge is -2.08. The summed E-state index contributed by atoms with van der Waals surface area (Å²) in [5.41, 5.74) is 0.258. The van der Waals surface area contributed by atoms with Crippen LogP contribution in [0.1, 0.15) is 11.1 Å². The highest BCUT2D eigenvalue weighted by atomic mass is 19.1. The lowest BCUT2D eigenvalue weighted by Crippen LogP contribution is -1.93. The normalized spacial score (nSPS) is 9.85. The fourth-order valence-corrected chi connectivity index (χ4v) is 1.62. The first-order valence-corrected chi connectivity index (χ1v) is 5.64. The molecule has 0 aliphatic heterocycles. The Kier molecular flexibility index (Phi) is 3.62. The predicted octanol–water partition coefficient (Wildman–Crippen LogP) is 3.71. The van der Waals surface area contributed by atoms with Crippen molar-refractivity contribution < 1.29 is 14.1 Å². The van der Waals surface area contributed by atoms with Gasteiger partial charge >= 0.3 is 0 Å². The van der Waals surface area contributed by atoms with E-state index in [-0.39, 0.29) is 22.8 Å². The van der Waals surface area contributed by atoms with Crippen molar-refractivity contribution in [1.82, 2.24) is 0 Å². The van der Waals surface area contributed by atoms with E-state index in [1.54, 1.807) is 6.92 Å². The van der Waals surface area contributed by atoms with Crippen LogP contribution in [0.4, 0.5) is 10.1 Å². The topological polar surface area (TPSA) is 76.2 Å². The van der Waals surface area contributed by atoms with Crippen LogP contribution in [-0.2, 0) is 0 Å². The molecule has 0 saturated heterocycles. The number of nitro benzene ring substituents is 1. The Morgan fingerprint density at radius 2 is 2.05 bits per heavy atom. The molecule has 2 aromatic carbocycles. The first-order valence-electron chi connectivity index (χ1n) is 5.64. The van der Waals surface area contributed by atoms with Gasteiger partial charge in [-0.2, -0.15) is 5.26 Å². The molecule has 0 N–H and O–H groups in total. The molecular formula is C14H9FN2O3. The summed E-state index contributed by atoms with van der Waals surface area (Å²) in [6.45, 7) is 1.59. The minimum absolute atomic E-state index is 0.0428. The van der Waals surface area contributed by atoms with E-state index in [2.05, 4.69) is 0 Å². The summed E-state index contributed by atoms with van der Waals surface area (Å²) in [5, 5.41) is 19.6. The van der Waals surface area contributed by atoms with Gasteiger partial charge in [-0.1, -0.05) is 0 Å². The van der Waals surface area contributed by atoms with Gasteiger partial charge in [-0.3, -0.25) is 10.1 Å². The molecule has 2 aromatic rings. The van der Waals surface area contributed by atoms with Crippen LogP contribution in [0.5, 0.6) is 11.5 Å². The molecule has 0 aliphatic carbocycles. The highest BCUT2D eigenvalue weighted by molar-refractivity contribution is 5.51. The molecular weight excluding hydrogens is 263 g/mol. The summed E-state index contributed by atoms with van der Waals surface area (Å²) in [6, 6.07) is 9.71. The molecule has 0 saturated carbocycles. The number of non-ortho nitro benzene ring substituents is 1. The van der Waals surface area contributed by atoms with Gasteiger partial charge in [0.15, 0.2) is 0 Å². The van der Waals surface area contributed by atoms with Crippen LogP contribution in [0.15, 0.2) is 36.4 Å². The Bertz CT molecular complexity index is 723. The van der Waals surface area contributed by atoms with Crippen LogP contribution in [0.2, 0.25) is 0 Å². The van der Waals surface area contributed by atoms with Gasteiger partial charge in [0.25, 0.3) is 5.69 Å². The molecule has 0 aromatic heterocycles. The number of benzene rings is 2. The van der Waals surface area contributed by atoms with E-state index in [9.17, 15) is 14.5 Å². The Hall–Kier alpha value is -2.94. The quantitative estimate of drug-likeness (QED) is 0.630. The van der Waals surface area contributed by atoms with Crippen molar-refractivity contribution in [1.29, 1.82) is 5.26 Å². The molecule has 5 nitrogen and oxygen atoms in total. The summed E-state index contributed by atoms with van der Waals surface area (Å²) in [5.74, 6) is 0.180. The van der Waals surface area contributed by atoms with Crippen LogP contribution in [0, 0.1) is 34.2 Å². The molecule has 0 unspecified atom stereocenters. The third-order valence-corrected chi connectivity index (χ3v) is 2.65. The van der Waals surface area contributed by atoms with Crippen molar-refractivity contribution in [2.75, 3.05) is 0 Å². The largest absolute Gasteiger partial charge is 0.456 e. The Morgan fingerprint density at radius 3 is 2.65 bits per heavy atom. The molecule has 100 valence electrons. The number of nitrogens with zero attached hydrogens (tertiary/aromatic N) is 2. The zero-order chi connectivity index (χ0) is 14.7. The molecule has 0 fully saturated rings. The second-order valence-electron chi connectivity index (χ2n) is 4.06. The van der Waals surface area contributed by atoms with Crippen molar-refractivity contribution in [3.05, 3.63) is 63.5 Å². The maximum absolute atomic E-state index is 13.1. The van der Waals surface area contributed by atoms with Gasteiger partial charge in [0, 0.05) is 12.1 Å². The van der Waals surface area contributed by atoms with Crippen molar-refractivity contribution in [2.24, 2.45) is 0 Å². The van der Waals surface area contributed by atoms with E-state index in [4.69, 9.17) is 10.00 Å². The maximum Gasteiger partial charge on any atom is 0.271 e. The van der Waals surface area contributed by atoms with Crippen molar-refractivity contribution >= 4 is 5.69 Å². The van der Waals surface area contributed by atoms with E-state index in [1.165, 1.54) is 30.3 Å². The van der Waals surface area contributed by atoms with Crippen LogP contribution in [-0.4, -0.2) is 4.92 Å². The number of hydrogen-bond donors (Lipinski definition) is 0. The van der Waals surface area contributed by atoms with E-state index in [0.717, 1.165) is 6.07 Å². The molecule has 0 bridgehead atoms. The zero-order valence-electron chi connectivity index (χ0n) is 10.5. The third-order valence-electron chi connectivity index (χ3n) is 2.65. The predicted molar refractivity (Wildman–Crippen MR) is 69.0 cm³/mol. The molecule has 0 amide bonds. The number of hydrogen-bond acceptors (Lipinski definition) is 4. The van der Waals surface area contributed by atoms with Crippen molar-refractivity contribution in [3.8, 4) is 17.6 Å². The number of halogens is 1. The zero-order valence-corrected chi connectivity index (χ0v) is 10.5. The second-order valence-corrected chi connectivity index (χ2v) is 4.06. The molecule has 20 heavy (non-hydrogen) atoms. The number of aryl methyl sites for hydroxylation is 1. The molecule has 0 atom stereocenters. The fourth-order valence-electron chi connectivity index (χ4n) is 1.62. The maximum atomic E-state index is 13.1. The van der Waals surface area contributed by atoms with Crippen molar-refractivity contribution in [2.45, 2.75) is 6.92 Å². The molecule has 0 radical (unpaired) electrons. The van der Waals surface area contributed by atoms with Crippen LogP contribution in [0.3, 0.4) is 0 Å². The lowest BCUT2D eigenvalue weighted by atomic mass is 10.2. The van der Waals surface area contributed by atoms with Gasteiger partial charge in [0.05, 0.1) is 4.92 Å². The van der Waals surface area contributed by atoms with Crippen LogP contribution < -0.4 is 4.74 Å². The van der Waals surface area contributed by atoms with Gasteiger partial charge in [-0.15, -0.1) is 0 Å². The second kappa shape index (κ2) is 5.36. The van der Waals surface area contributed by atoms with Gasteiger partial charge in [0.2, 0.25) is 0 Å². The Balaban J connectivity index is 2.36. The van der Waals surface area contributed by atoms with Gasteiger partial charge in [-0.05, 0) is 36.8 Å². The average molecular weight is 272 g/mol. The van der Waals surface area contributed by atoms with E-state index in [1.807, 2.05) is 6.07 Å². The standard InChI is InChI=1S/C14H9FN2O3/c1-9-6-12(3-4-13(9)15)20-14-5-2-11(17(18)19)7-10(14)8-16/h2-7H,1H3.